The summed E-state index contributed by atoms with van der Waals surface area (Å²) < 4.78 is 25.9. The molecule has 2 aromatic carbocycles. The van der Waals surface area contributed by atoms with Crippen LogP contribution >= 0.6 is 11.6 Å². The maximum absolute atomic E-state index is 13.1. The highest BCUT2D eigenvalue weighted by Gasteiger charge is 2.05. The second kappa shape index (κ2) is 5.79. The molecule has 21 heavy (non-hydrogen) atoms. The minimum atomic E-state index is -0.840. The Bertz CT molecular complexity index is 786. The molecule has 0 aliphatic heterocycles. The highest BCUT2D eigenvalue weighted by atomic mass is 35.5. The zero-order chi connectivity index (χ0) is 14.8. The van der Waals surface area contributed by atoms with Gasteiger partial charge in [-0.1, -0.05) is 17.7 Å². The standard InChI is InChI=1S/C15H12ClF2N3/c16-10-2-4-13-14(6-10)21-15(20-13)8-19-7-9-1-3-11(17)12(18)5-9/h1-6,19H,7-8H2,(H,20,21). The summed E-state index contributed by atoms with van der Waals surface area (Å²) in [5.74, 6) is -0.921. The molecule has 0 bridgehead atoms. The molecular weight excluding hydrogens is 296 g/mol. The van der Waals surface area contributed by atoms with E-state index in [1.165, 1.54) is 6.07 Å². The highest BCUT2D eigenvalue weighted by molar-refractivity contribution is 6.31. The van der Waals surface area contributed by atoms with Crippen LogP contribution in [0.5, 0.6) is 0 Å². The fourth-order valence-corrected chi connectivity index (χ4v) is 2.27. The largest absolute Gasteiger partial charge is 0.341 e. The number of halogens is 3. The lowest BCUT2D eigenvalue weighted by atomic mass is 10.2. The molecule has 0 spiro atoms. The van der Waals surface area contributed by atoms with Crippen LogP contribution in [0.4, 0.5) is 8.78 Å². The highest BCUT2D eigenvalue weighted by Crippen LogP contribution is 2.17. The average molecular weight is 308 g/mol. The lowest BCUT2D eigenvalue weighted by molar-refractivity contribution is 0.506. The van der Waals surface area contributed by atoms with E-state index in [0.717, 1.165) is 22.9 Å². The van der Waals surface area contributed by atoms with Crippen LogP contribution in [0.1, 0.15) is 11.4 Å². The van der Waals surface area contributed by atoms with Crippen molar-refractivity contribution in [2.75, 3.05) is 0 Å². The van der Waals surface area contributed by atoms with Crippen molar-refractivity contribution in [2.45, 2.75) is 13.1 Å². The number of rotatable bonds is 4. The number of nitrogens with zero attached hydrogens (tertiary/aromatic N) is 1. The lowest BCUT2D eigenvalue weighted by Gasteiger charge is -2.03. The van der Waals surface area contributed by atoms with Gasteiger partial charge < -0.3 is 10.3 Å². The van der Waals surface area contributed by atoms with E-state index in [4.69, 9.17) is 11.6 Å². The topological polar surface area (TPSA) is 40.7 Å². The fraction of sp³-hybridized carbons (Fsp3) is 0.133. The number of hydrogen-bond donors (Lipinski definition) is 2. The van der Waals surface area contributed by atoms with E-state index >= 15 is 0 Å². The second-order valence-corrected chi connectivity index (χ2v) is 5.13. The Hall–Kier alpha value is -1.98. The zero-order valence-electron chi connectivity index (χ0n) is 11.0. The van der Waals surface area contributed by atoms with Crippen LogP contribution in [0.25, 0.3) is 11.0 Å². The smallest absolute Gasteiger partial charge is 0.159 e. The minimum Gasteiger partial charge on any atom is -0.341 e. The molecule has 0 fully saturated rings. The Kier molecular flexibility index (Phi) is 3.86. The Morgan fingerprint density at radius 1 is 1.05 bits per heavy atom. The van der Waals surface area contributed by atoms with Crippen molar-refractivity contribution < 1.29 is 8.78 Å². The van der Waals surface area contributed by atoms with Gasteiger partial charge in [-0.25, -0.2) is 13.8 Å². The van der Waals surface area contributed by atoms with Gasteiger partial charge in [0.05, 0.1) is 17.6 Å². The van der Waals surface area contributed by atoms with Crippen molar-refractivity contribution in [3.8, 4) is 0 Å². The van der Waals surface area contributed by atoms with Gasteiger partial charge in [-0.2, -0.15) is 0 Å². The lowest BCUT2D eigenvalue weighted by Crippen LogP contribution is -2.13. The molecule has 108 valence electrons. The molecular formula is C15H12ClF2N3. The first-order chi connectivity index (χ1) is 10.1. The minimum absolute atomic E-state index is 0.426. The molecule has 0 amide bonds. The summed E-state index contributed by atoms with van der Waals surface area (Å²) in [6.45, 7) is 0.917. The monoisotopic (exact) mass is 307 g/mol. The Labute approximate surface area is 125 Å². The quantitative estimate of drug-likeness (QED) is 0.770. The van der Waals surface area contributed by atoms with Crippen molar-refractivity contribution in [3.63, 3.8) is 0 Å². The molecule has 3 nitrogen and oxygen atoms in total. The van der Waals surface area contributed by atoms with Crippen molar-refractivity contribution in [1.29, 1.82) is 0 Å². The van der Waals surface area contributed by atoms with Gasteiger partial charge in [0.2, 0.25) is 0 Å². The van der Waals surface area contributed by atoms with E-state index in [1.54, 1.807) is 12.1 Å². The van der Waals surface area contributed by atoms with Gasteiger partial charge in [0.25, 0.3) is 0 Å². The van der Waals surface area contributed by atoms with Gasteiger partial charge in [0.15, 0.2) is 11.6 Å². The second-order valence-electron chi connectivity index (χ2n) is 4.70. The van der Waals surface area contributed by atoms with Gasteiger partial charge in [-0.3, -0.25) is 0 Å². The molecule has 1 aromatic heterocycles. The molecule has 1 heterocycles. The predicted molar refractivity (Wildman–Crippen MR) is 78.0 cm³/mol. The zero-order valence-corrected chi connectivity index (χ0v) is 11.7. The molecule has 0 saturated carbocycles. The van der Waals surface area contributed by atoms with Crippen LogP contribution in [-0.4, -0.2) is 9.97 Å². The van der Waals surface area contributed by atoms with Crippen molar-refractivity contribution in [1.82, 2.24) is 15.3 Å². The van der Waals surface area contributed by atoms with Crippen LogP contribution in [0, 0.1) is 11.6 Å². The van der Waals surface area contributed by atoms with Crippen molar-refractivity contribution in [3.05, 3.63) is 64.4 Å². The SMILES string of the molecule is Fc1ccc(CNCc2nc3ccc(Cl)cc3[nH]2)cc1F. The molecule has 0 atom stereocenters. The summed E-state index contributed by atoms with van der Waals surface area (Å²) in [4.78, 5) is 7.56. The Morgan fingerprint density at radius 2 is 1.90 bits per heavy atom. The third-order valence-corrected chi connectivity index (χ3v) is 3.33. The number of aromatic nitrogens is 2. The van der Waals surface area contributed by atoms with E-state index in [1.807, 2.05) is 12.1 Å². The van der Waals surface area contributed by atoms with E-state index in [9.17, 15) is 8.78 Å². The number of benzene rings is 2. The maximum Gasteiger partial charge on any atom is 0.159 e. The fourth-order valence-electron chi connectivity index (χ4n) is 2.09. The van der Waals surface area contributed by atoms with Crippen LogP contribution in [-0.2, 0) is 13.1 Å². The van der Waals surface area contributed by atoms with E-state index in [0.29, 0.717) is 23.7 Å². The van der Waals surface area contributed by atoms with Gasteiger partial charge >= 0.3 is 0 Å². The first-order valence-electron chi connectivity index (χ1n) is 6.40. The molecule has 0 radical (unpaired) electrons. The average Bonchev–Trinajstić information content (AvgIpc) is 2.84. The van der Waals surface area contributed by atoms with Crippen molar-refractivity contribution in [2.24, 2.45) is 0 Å². The normalized spacial score (nSPS) is 11.2. The number of nitrogens with one attached hydrogen (secondary N) is 2. The van der Waals surface area contributed by atoms with E-state index < -0.39 is 11.6 Å². The van der Waals surface area contributed by atoms with Gasteiger partial charge in [0.1, 0.15) is 5.82 Å². The Morgan fingerprint density at radius 3 is 2.71 bits per heavy atom. The molecule has 3 rings (SSSR count). The van der Waals surface area contributed by atoms with E-state index in [-0.39, 0.29) is 0 Å². The van der Waals surface area contributed by atoms with Crippen LogP contribution in [0.2, 0.25) is 5.02 Å². The summed E-state index contributed by atoms with van der Waals surface area (Å²) in [7, 11) is 0. The van der Waals surface area contributed by atoms with Gasteiger partial charge in [-0.15, -0.1) is 0 Å². The summed E-state index contributed by atoms with van der Waals surface area (Å²) in [5.41, 5.74) is 2.38. The van der Waals surface area contributed by atoms with Crippen molar-refractivity contribution >= 4 is 22.6 Å². The van der Waals surface area contributed by atoms with Gasteiger partial charge in [0, 0.05) is 11.6 Å². The maximum atomic E-state index is 13.1. The summed E-state index contributed by atoms with van der Waals surface area (Å²) in [5, 5.41) is 3.77. The molecule has 6 heteroatoms. The first-order valence-corrected chi connectivity index (χ1v) is 6.78. The van der Waals surface area contributed by atoms with Crippen LogP contribution in [0.3, 0.4) is 0 Å². The molecule has 0 aliphatic carbocycles. The molecule has 3 aromatic rings. The number of fused-ring (bicyclic) bond motifs is 1. The van der Waals surface area contributed by atoms with Gasteiger partial charge in [-0.05, 0) is 35.9 Å². The van der Waals surface area contributed by atoms with E-state index in [2.05, 4.69) is 15.3 Å². The summed E-state index contributed by atoms with van der Waals surface area (Å²) in [6.07, 6.45) is 0. The number of H-pyrrole nitrogens is 1. The number of hydrogen-bond acceptors (Lipinski definition) is 2. The summed E-state index contributed by atoms with van der Waals surface area (Å²) >= 11 is 5.91. The van der Waals surface area contributed by atoms with Crippen LogP contribution < -0.4 is 5.32 Å². The molecule has 2 N–H and O–H groups in total. The molecule has 0 unspecified atom stereocenters. The Balaban J connectivity index is 1.64. The molecule has 0 saturated heterocycles. The third-order valence-electron chi connectivity index (χ3n) is 3.10. The predicted octanol–water partition coefficient (Wildman–Crippen LogP) is 3.78. The number of aromatic amines is 1. The summed E-state index contributed by atoms with van der Waals surface area (Å²) in [6, 6.07) is 9.28. The molecule has 0 aliphatic rings. The third kappa shape index (κ3) is 3.20. The number of imidazole rings is 1. The first kappa shape index (κ1) is 14.0. The van der Waals surface area contributed by atoms with Crippen LogP contribution in [0.15, 0.2) is 36.4 Å².